The Hall–Kier alpha value is -3.54. The number of carbonyl (C=O) groups is 1. The van der Waals surface area contributed by atoms with Crippen molar-refractivity contribution in [2.24, 2.45) is 0 Å². The Morgan fingerprint density at radius 2 is 1.67 bits per heavy atom. The third-order valence-corrected chi connectivity index (χ3v) is 3.99. The van der Waals surface area contributed by atoms with E-state index in [4.69, 9.17) is 9.47 Å². The summed E-state index contributed by atoms with van der Waals surface area (Å²) in [5.41, 5.74) is 3.77. The SMILES string of the molecule is COc1ccc(OC)c(NC(=O)c2ccc(Nc3ccc(C)cc3)cn2)c1. The Kier molecular flexibility index (Phi) is 5.56. The van der Waals surface area contributed by atoms with Gasteiger partial charge in [0.15, 0.2) is 0 Å². The van der Waals surface area contributed by atoms with Crippen LogP contribution in [0.1, 0.15) is 16.1 Å². The Morgan fingerprint density at radius 3 is 2.30 bits per heavy atom. The van der Waals surface area contributed by atoms with Gasteiger partial charge in [-0.05, 0) is 43.3 Å². The van der Waals surface area contributed by atoms with Gasteiger partial charge in [0.05, 0.1) is 31.8 Å². The largest absolute Gasteiger partial charge is 0.497 e. The summed E-state index contributed by atoms with van der Waals surface area (Å²) in [7, 11) is 3.11. The van der Waals surface area contributed by atoms with Crippen molar-refractivity contribution in [1.82, 2.24) is 4.98 Å². The quantitative estimate of drug-likeness (QED) is 0.679. The van der Waals surface area contributed by atoms with E-state index in [0.717, 1.165) is 11.4 Å². The molecule has 6 nitrogen and oxygen atoms in total. The van der Waals surface area contributed by atoms with Crippen LogP contribution in [0.4, 0.5) is 17.1 Å². The van der Waals surface area contributed by atoms with E-state index in [1.54, 1.807) is 44.7 Å². The molecule has 0 bridgehead atoms. The van der Waals surface area contributed by atoms with Gasteiger partial charge in [-0.1, -0.05) is 17.7 Å². The molecule has 1 amide bonds. The highest BCUT2D eigenvalue weighted by Crippen LogP contribution is 2.29. The predicted molar refractivity (Wildman–Crippen MR) is 106 cm³/mol. The summed E-state index contributed by atoms with van der Waals surface area (Å²) < 4.78 is 10.5. The lowest BCUT2D eigenvalue weighted by atomic mass is 10.2. The van der Waals surface area contributed by atoms with Crippen LogP contribution < -0.4 is 20.1 Å². The number of pyridine rings is 1. The molecule has 0 aliphatic carbocycles. The summed E-state index contributed by atoms with van der Waals surface area (Å²) in [6.45, 7) is 2.04. The molecule has 0 aliphatic rings. The maximum absolute atomic E-state index is 12.5. The molecule has 0 saturated carbocycles. The molecule has 0 fully saturated rings. The number of hydrogen-bond acceptors (Lipinski definition) is 5. The molecule has 0 unspecified atom stereocenters. The van der Waals surface area contributed by atoms with Crippen LogP contribution in [0.5, 0.6) is 11.5 Å². The average Bonchev–Trinajstić information content (AvgIpc) is 2.70. The molecular weight excluding hydrogens is 342 g/mol. The van der Waals surface area contributed by atoms with Crippen LogP contribution in [0.3, 0.4) is 0 Å². The third kappa shape index (κ3) is 4.55. The summed E-state index contributed by atoms with van der Waals surface area (Å²) in [4.78, 5) is 16.7. The first-order chi connectivity index (χ1) is 13.1. The molecule has 3 rings (SSSR count). The van der Waals surface area contributed by atoms with Gasteiger partial charge in [-0.25, -0.2) is 4.98 Å². The van der Waals surface area contributed by atoms with Gasteiger partial charge in [0.2, 0.25) is 0 Å². The summed E-state index contributed by atoms with van der Waals surface area (Å²) in [6.07, 6.45) is 1.62. The number of carbonyl (C=O) groups excluding carboxylic acids is 1. The number of aromatic nitrogens is 1. The van der Waals surface area contributed by atoms with Crippen molar-refractivity contribution in [3.8, 4) is 11.5 Å². The number of nitrogens with zero attached hydrogens (tertiary/aromatic N) is 1. The van der Waals surface area contributed by atoms with Crippen molar-refractivity contribution in [2.45, 2.75) is 6.92 Å². The van der Waals surface area contributed by atoms with Gasteiger partial charge in [0, 0.05) is 11.8 Å². The van der Waals surface area contributed by atoms with Crippen molar-refractivity contribution in [1.29, 1.82) is 0 Å². The van der Waals surface area contributed by atoms with Crippen LogP contribution in [0.15, 0.2) is 60.8 Å². The van der Waals surface area contributed by atoms with Gasteiger partial charge in [0.25, 0.3) is 5.91 Å². The molecule has 0 aliphatic heterocycles. The van der Waals surface area contributed by atoms with E-state index in [1.165, 1.54) is 5.56 Å². The van der Waals surface area contributed by atoms with E-state index in [0.29, 0.717) is 22.9 Å². The molecule has 2 aromatic carbocycles. The lowest BCUT2D eigenvalue weighted by molar-refractivity contribution is 0.102. The van der Waals surface area contributed by atoms with Crippen molar-refractivity contribution >= 4 is 23.0 Å². The summed E-state index contributed by atoms with van der Waals surface area (Å²) >= 11 is 0. The minimum absolute atomic E-state index is 0.300. The van der Waals surface area contributed by atoms with Crippen molar-refractivity contribution in [3.05, 3.63) is 72.1 Å². The lowest BCUT2D eigenvalue weighted by Crippen LogP contribution is -2.14. The number of amides is 1. The number of methoxy groups -OCH3 is 2. The molecule has 3 aromatic rings. The Bertz CT molecular complexity index is 922. The standard InChI is InChI=1S/C21H21N3O3/c1-14-4-6-15(7-5-14)23-16-8-10-18(22-13-16)21(25)24-19-12-17(26-2)9-11-20(19)27-3/h4-13,23H,1-3H3,(H,24,25). The Morgan fingerprint density at radius 1 is 0.926 bits per heavy atom. The van der Waals surface area contributed by atoms with Crippen LogP contribution in [0.2, 0.25) is 0 Å². The molecule has 6 heteroatoms. The molecule has 0 spiro atoms. The van der Waals surface area contributed by atoms with E-state index >= 15 is 0 Å². The highest BCUT2D eigenvalue weighted by molar-refractivity contribution is 6.03. The predicted octanol–water partition coefficient (Wildman–Crippen LogP) is 4.40. The van der Waals surface area contributed by atoms with Crippen molar-refractivity contribution < 1.29 is 14.3 Å². The molecular formula is C21H21N3O3. The third-order valence-electron chi connectivity index (χ3n) is 3.99. The molecule has 27 heavy (non-hydrogen) atoms. The van der Waals surface area contributed by atoms with E-state index in [9.17, 15) is 4.79 Å². The average molecular weight is 363 g/mol. The molecule has 138 valence electrons. The van der Waals surface area contributed by atoms with Crippen molar-refractivity contribution in [2.75, 3.05) is 24.9 Å². The zero-order valence-electron chi connectivity index (χ0n) is 15.4. The first-order valence-corrected chi connectivity index (χ1v) is 8.42. The second-order valence-electron chi connectivity index (χ2n) is 5.94. The zero-order chi connectivity index (χ0) is 19.2. The fourth-order valence-electron chi connectivity index (χ4n) is 2.50. The number of rotatable bonds is 6. The molecule has 1 heterocycles. The van der Waals surface area contributed by atoms with E-state index in [2.05, 4.69) is 15.6 Å². The maximum atomic E-state index is 12.5. The van der Waals surface area contributed by atoms with Gasteiger partial charge < -0.3 is 20.1 Å². The lowest BCUT2D eigenvalue weighted by Gasteiger charge is -2.12. The van der Waals surface area contributed by atoms with Crippen LogP contribution in [-0.2, 0) is 0 Å². The highest BCUT2D eigenvalue weighted by Gasteiger charge is 2.12. The number of anilines is 3. The van der Waals surface area contributed by atoms with Crippen LogP contribution >= 0.6 is 0 Å². The van der Waals surface area contributed by atoms with E-state index < -0.39 is 0 Å². The van der Waals surface area contributed by atoms with Crippen molar-refractivity contribution in [3.63, 3.8) is 0 Å². The monoisotopic (exact) mass is 363 g/mol. The smallest absolute Gasteiger partial charge is 0.274 e. The minimum Gasteiger partial charge on any atom is -0.497 e. The fraction of sp³-hybridized carbons (Fsp3) is 0.143. The normalized spacial score (nSPS) is 10.2. The second-order valence-corrected chi connectivity index (χ2v) is 5.94. The van der Waals surface area contributed by atoms with Crippen LogP contribution in [-0.4, -0.2) is 25.1 Å². The maximum Gasteiger partial charge on any atom is 0.274 e. The fourth-order valence-corrected chi connectivity index (χ4v) is 2.50. The summed E-state index contributed by atoms with van der Waals surface area (Å²) in [6, 6.07) is 16.7. The molecule has 0 saturated heterocycles. The van der Waals surface area contributed by atoms with E-state index in [-0.39, 0.29) is 5.91 Å². The van der Waals surface area contributed by atoms with E-state index in [1.807, 2.05) is 37.3 Å². The number of benzene rings is 2. The summed E-state index contributed by atoms with van der Waals surface area (Å²) in [5.74, 6) is 0.835. The molecule has 0 radical (unpaired) electrons. The second kappa shape index (κ2) is 8.23. The summed E-state index contributed by atoms with van der Waals surface area (Å²) in [5, 5.41) is 6.05. The van der Waals surface area contributed by atoms with Crippen LogP contribution in [0.25, 0.3) is 0 Å². The highest BCUT2D eigenvalue weighted by atomic mass is 16.5. The minimum atomic E-state index is -0.330. The van der Waals surface area contributed by atoms with Gasteiger partial charge in [-0.2, -0.15) is 0 Å². The Labute approximate surface area is 158 Å². The zero-order valence-corrected chi connectivity index (χ0v) is 15.4. The van der Waals surface area contributed by atoms with Gasteiger partial charge in [-0.3, -0.25) is 4.79 Å². The number of ether oxygens (including phenoxy) is 2. The Balaban J connectivity index is 1.71. The molecule has 2 N–H and O–H groups in total. The molecule has 1 aromatic heterocycles. The van der Waals surface area contributed by atoms with Crippen LogP contribution in [0, 0.1) is 6.92 Å². The number of nitrogens with one attached hydrogen (secondary N) is 2. The first kappa shape index (κ1) is 18.3. The first-order valence-electron chi connectivity index (χ1n) is 8.42. The molecule has 0 atom stereocenters. The topological polar surface area (TPSA) is 72.5 Å². The van der Waals surface area contributed by atoms with Gasteiger partial charge >= 0.3 is 0 Å². The number of aryl methyl sites for hydroxylation is 1. The van der Waals surface area contributed by atoms with Gasteiger partial charge in [-0.15, -0.1) is 0 Å². The number of hydrogen-bond donors (Lipinski definition) is 2. The van der Waals surface area contributed by atoms with Gasteiger partial charge in [0.1, 0.15) is 17.2 Å².